The average Bonchev–Trinajstić information content (AvgIpc) is 2.68. The number of nitrogens with zero attached hydrogens (tertiary/aromatic N) is 2. The number of carbonyl (C=O) groups is 2. The Balaban J connectivity index is 1.74. The van der Waals surface area contributed by atoms with Crippen molar-refractivity contribution in [3.63, 3.8) is 0 Å². The molecular weight excluding hydrogens is 252 g/mol. The molecule has 1 amide bonds. The van der Waals surface area contributed by atoms with E-state index in [2.05, 4.69) is 17.0 Å². The summed E-state index contributed by atoms with van der Waals surface area (Å²) in [6.07, 6.45) is 5.19. The molecule has 2 saturated heterocycles. The summed E-state index contributed by atoms with van der Waals surface area (Å²) in [5, 5.41) is 0. The van der Waals surface area contributed by atoms with Crippen molar-refractivity contribution in [2.24, 2.45) is 0 Å². The Bertz CT molecular complexity index is 502. The molecule has 20 heavy (non-hydrogen) atoms. The van der Waals surface area contributed by atoms with Crippen LogP contribution in [0.5, 0.6) is 0 Å². The number of Topliss-reactive ketones (excluding diaryl/α,β-unsaturated/α-hetero) is 1. The van der Waals surface area contributed by atoms with Crippen LogP contribution in [0, 0.1) is 0 Å². The topological polar surface area (TPSA) is 40.6 Å². The van der Waals surface area contributed by atoms with Crippen molar-refractivity contribution in [1.82, 2.24) is 0 Å². The molecule has 1 aromatic carbocycles. The van der Waals surface area contributed by atoms with Crippen molar-refractivity contribution in [3.8, 4) is 0 Å². The van der Waals surface area contributed by atoms with Gasteiger partial charge < -0.3 is 9.80 Å². The maximum absolute atomic E-state index is 11.7. The summed E-state index contributed by atoms with van der Waals surface area (Å²) in [7, 11) is 0. The maximum Gasteiger partial charge on any atom is 0.234 e. The van der Waals surface area contributed by atoms with E-state index in [0.29, 0.717) is 0 Å². The van der Waals surface area contributed by atoms with E-state index in [9.17, 15) is 9.59 Å². The lowest BCUT2D eigenvalue weighted by molar-refractivity contribution is -0.121. The van der Waals surface area contributed by atoms with Gasteiger partial charge in [-0.15, -0.1) is 0 Å². The Morgan fingerprint density at radius 3 is 1.95 bits per heavy atom. The van der Waals surface area contributed by atoms with Gasteiger partial charge in [0.25, 0.3) is 0 Å². The highest BCUT2D eigenvalue weighted by molar-refractivity contribution is 6.15. The molecule has 0 saturated carbocycles. The molecule has 0 bridgehead atoms. The third kappa shape index (κ3) is 2.69. The second-order valence-electron chi connectivity index (χ2n) is 5.61. The predicted molar refractivity (Wildman–Crippen MR) is 79.1 cm³/mol. The fourth-order valence-corrected chi connectivity index (χ4v) is 2.99. The number of ketones is 1. The zero-order valence-corrected chi connectivity index (χ0v) is 11.7. The molecular formula is C16H20N2O2. The van der Waals surface area contributed by atoms with Gasteiger partial charge in [-0.05, 0) is 37.1 Å². The van der Waals surface area contributed by atoms with Crippen molar-refractivity contribution in [2.45, 2.75) is 32.1 Å². The smallest absolute Gasteiger partial charge is 0.234 e. The van der Waals surface area contributed by atoms with E-state index in [1.165, 1.54) is 31.4 Å². The third-order valence-electron chi connectivity index (χ3n) is 4.12. The first-order valence-corrected chi connectivity index (χ1v) is 7.41. The number of hydrogen-bond donors (Lipinski definition) is 0. The van der Waals surface area contributed by atoms with Gasteiger partial charge in [0.2, 0.25) is 5.91 Å². The zero-order valence-electron chi connectivity index (χ0n) is 11.7. The van der Waals surface area contributed by atoms with Crippen LogP contribution < -0.4 is 9.80 Å². The summed E-state index contributed by atoms with van der Waals surface area (Å²) in [5.74, 6) is -0.0795. The fourth-order valence-electron chi connectivity index (χ4n) is 2.99. The molecule has 0 N–H and O–H groups in total. The third-order valence-corrected chi connectivity index (χ3v) is 4.12. The van der Waals surface area contributed by atoms with Crippen LogP contribution in [0.1, 0.15) is 32.1 Å². The van der Waals surface area contributed by atoms with E-state index in [4.69, 9.17) is 0 Å². The van der Waals surface area contributed by atoms with E-state index < -0.39 is 0 Å². The highest BCUT2D eigenvalue weighted by Gasteiger charge is 2.28. The van der Waals surface area contributed by atoms with E-state index in [0.717, 1.165) is 18.8 Å². The SMILES string of the molecule is O=C1CC(=O)N(c2ccc(N3CCCCCC3)cc2)C1. The first kappa shape index (κ1) is 13.2. The van der Waals surface area contributed by atoms with Crippen LogP contribution in [0.2, 0.25) is 0 Å². The number of rotatable bonds is 2. The fraction of sp³-hybridized carbons (Fsp3) is 0.500. The van der Waals surface area contributed by atoms with Crippen LogP contribution >= 0.6 is 0 Å². The van der Waals surface area contributed by atoms with Gasteiger partial charge in [-0.1, -0.05) is 12.8 Å². The van der Waals surface area contributed by atoms with Crippen LogP contribution in [0.15, 0.2) is 24.3 Å². The molecule has 4 nitrogen and oxygen atoms in total. The number of hydrogen-bond acceptors (Lipinski definition) is 3. The second kappa shape index (κ2) is 5.65. The minimum absolute atomic E-state index is 0.00611. The molecule has 2 heterocycles. The van der Waals surface area contributed by atoms with Gasteiger partial charge >= 0.3 is 0 Å². The predicted octanol–water partition coefficient (Wildman–Crippen LogP) is 2.37. The van der Waals surface area contributed by atoms with Crippen molar-refractivity contribution in [3.05, 3.63) is 24.3 Å². The molecule has 0 aromatic heterocycles. The largest absolute Gasteiger partial charge is 0.372 e. The lowest BCUT2D eigenvalue weighted by atomic mass is 10.2. The minimum Gasteiger partial charge on any atom is -0.372 e. The molecule has 4 heteroatoms. The van der Waals surface area contributed by atoms with Crippen molar-refractivity contribution in [2.75, 3.05) is 29.4 Å². The van der Waals surface area contributed by atoms with Gasteiger partial charge in [0.15, 0.2) is 5.78 Å². The van der Waals surface area contributed by atoms with Crippen LogP contribution in [0.3, 0.4) is 0 Å². The molecule has 3 rings (SSSR count). The number of anilines is 2. The summed E-state index contributed by atoms with van der Waals surface area (Å²) in [6, 6.07) is 8.04. The first-order valence-electron chi connectivity index (χ1n) is 7.41. The minimum atomic E-state index is -0.0856. The monoisotopic (exact) mass is 272 g/mol. The van der Waals surface area contributed by atoms with Crippen molar-refractivity contribution in [1.29, 1.82) is 0 Å². The zero-order chi connectivity index (χ0) is 13.9. The quantitative estimate of drug-likeness (QED) is 0.776. The number of amides is 1. The molecule has 0 radical (unpaired) electrons. The van der Waals surface area contributed by atoms with Gasteiger partial charge in [0.1, 0.15) is 0 Å². The molecule has 2 aliphatic rings. The van der Waals surface area contributed by atoms with E-state index >= 15 is 0 Å². The molecule has 0 aliphatic carbocycles. The van der Waals surface area contributed by atoms with E-state index in [1.54, 1.807) is 4.90 Å². The molecule has 0 atom stereocenters. The summed E-state index contributed by atoms with van der Waals surface area (Å²) in [6.45, 7) is 2.45. The number of carbonyl (C=O) groups excluding carboxylic acids is 2. The van der Waals surface area contributed by atoms with Gasteiger partial charge in [0.05, 0.1) is 13.0 Å². The van der Waals surface area contributed by atoms with Gasteiger partial charge in [-0.25, -0.2) is 0 Å². The lowest BCUT2D eigenvalue weighted by Gasteiger charge is -2.23. The van der Waals surface area contributed by atoms with Crippen LogP contribution in [-0.4, -0.2) is 31.3 Å². The Hall–Kier alpha value is -1.84. The summed E-state index contributed by atoms with van der Waals surface area (Å²) in [5.41, 5.74) is 2.05. The normalized spacial score (nSPS) is 20.4. The second-order valence-corrected chi connectivity index (χ2v) is 5.61. The highest BCUT2D eigenvalue weighted by atomic mass is 16.2. The molecule has 106 valence electrons. The average molecular weight is 272 g/mol. The molecule has 0 spiro atoms. The van der Waals surface area contributed by atoms with Gasteiger partial charge in [0, 0.05) is 24.5 Å². The van der Waals surface area contributed by atoms with Crippen molar-refractivity contribution >= 4 is 23.1 Å². The number of benzene rings is 1. The Morgan fingerprint density at radius 1 is 0.800 bits per heavy atom. The van der Waals surface area contributed by atoms with E-state index in [-0.39, 0.29) is 24.7 Å². The summed E-state index contributed by atoms with van der Waals surface area (Å²) < 4.78 is 0. The summed E-state index contributed by atoms with van der Waals surface area (Å²) in [4.78, 5) is 27.0. The molecule has 2 fully saturated rings. The van der Waals surface area contributed by atoms with Gasteiger partial charge in [-0.3, -0.25) is 9.59 Å². The van der Waals surface area contributed by atoms with E-state index in [1.807, 2.05) is 12.1 Å². The lowest BCUT2D eigenvalue weighted by Crippen LogP contribution is -2.25. The molecule has 0 unspecified atom stereocenters. The standard InChI is InChI=1S/C16H20N2O2/c19-15-11-16(20)18(12-15)14-7-5-13(6-8-14)17-9-3-1-2-4-10-17/h5-8H,1-4,9-12H2. The first-order chi connectivity index (χ1) is 9.74. The summed E-state index contributed by atoms with van der Waals surface area (Å²) >= 11 is 0. The van der Waals surface area contributed by atoms with Crippen LogP contribution in [0.25, 0.3) is 0 Å². The Kier molecular flexibility index (Phi) is 3.72. The van der Waals surface area contributed by atoms with Gasteiger partial charge in [-0.2, -0.15) is 0 Å². The molecule has 1 aromatic rings. The Morgan fingerprint density at radius 2 is 1.40 bits per heavy atom. The Labute approximate surface area is 119 Å². The van der Waals surface area contributed by atoms with Crippen LogP contribution in [0.4, 0.5) is 11.4 Å². The molecule has 2 aliphatic heterocycles. The van der Waals surface area contributed by atoms with Crippen LogP contribution in [-0.2, 0) is 9.59 Å². The van der Waals surface area contributed by atoms with Crippen molar-refractivity contribution < 1.29 is 9.59 Å². The maximum atomic E-state index is 11.7. The highest BCUT2D eigenvalue weighted by Crippen LogP contribution is 2.25.